The second kappa shape index (κ2) is 6.40. The van der Waals surface area contributed by atoms with Crippen LogP contribution in [0, 0.1) is 11.8 Å². The molecule has 0 aromatic rings. The Morgan fingerprint density at radius 3 is 2.58 bits per heavy atom. The molecule has 3 unspecified atom stereocenters. The van der Waals surface area contributed by atoms with Gasteiger partial charge in [-0.1, -0.05) is 13.3 Å². The Hall–Kier alpha value is -1.06. The molecule has 2 fully saturated rings. The normalized spacial score (nSPS) is 31.3. The van der Waals surface area contributed by atoms with Gasteiger partial charge in [-0.3, -0.25) is 9.59 Å². The summed E-state index contributed by atoms with van der Waals surface area (Å²) in [5.41, 5.74) is 0. The Morgan fingerprint density at radius 2 is 1.95 bits per heavy atom. The van der Waals surface area contributed by atoms with Crippen LogP contribution >= 0.6 is 0 Å². The highest BCUT2D eigenvalue weighted by Gasteiger charge is 2.37. The number of rotatable bonds is 3. The van der Waals surface area contributed by atoms with Gasteiger partial charge in [0.25, 0.3) is 0 Å². The van der Waals surface area contributed by atoms with Crippen LogP contribution in [0.25, 0.3) is 0 Å². The van der Waals surface area contributed by atoms with Crippen molar-refractivity contribution in [3.05, 3.63) is 0 Å². The van der Waals surface area contributed by atoms with E-state index in [1.807, 2.05) is 4.90 Å². The number of ether oxygens (including phenoxy) is 1. The van der Waals surface area contributed by atoms with Crippen LogP contribution in [-0.2, 0) is 14.3 Å². The third kappa shape index (κ3) is 3.28. The topological polar surface area (TPSA) is 46.6 Å². The van der Waals surface area contributed by atoms with Crippen molar-refractivity contribution in [2.45, 2.75) is 57.9 Å². The fraction of sp³-hybridized carbons (Fsp3) is 0.867. The van der Waals surface area contributed by atoms with E-state index >= 15 is 0 Å². The van der Waals surface area contributed by atoms with Crippen LogP contribution in [-0.4, -0.2) is 36.5 Å². The van der Waals surface area contributed by atoms with Gasteiger partial charge in [0, 0.05) is 18.5 Å². The predicted molar refractivity (Wildman–Crippen MR) is 72.5 cm³/mol. The van der Waals surface area contributed by atoms with E-state index < -0.39 is 0 Å². The Kier molecular flexibility index (Phi) is 4.83. The Morgan fingerprint density at radius 1 is 1.16 bits per heavy atom. The van der Waals surface area contributed by atoms with Crippen LogP contribution in [0.4, 0.5) is 0 Å². The van der Waals surface area contributed by atoms with E-state index in [2.05, 4.69) is 6.92 Å². The first-order valence-corrected chi connectivity index (χ1v) is 7.50. The van der Waals surface area contributed by atoms with Crippen LogP contribution in [0.2, 0.25) is 0 Å². The summed E-state index contributed by atoms with van der Waals surface area (Å²) in [4.78, 5) is 26.1. The predicted octanol–water partition coefficient (Wildman–Crippen LogP) is 2.37. The summed E-state index contributed by atoms with van der Waals surface area (Å²) < 4.78 is 4.75. The van der Waals surface area contributed by atoms with Crippen molar-refractivity contribution in [3.8, 4) is 0 Å². The summed E-state index contributed by atoms with van der Waals surface area (Å²) in [5, 5.41) is 0. The monoisotopic (exact) mass is 267 g/mol. The van der Waals surface area contributed by atoms with Gasteiger partial charge in [-0.2, -0.15) is 0 Å². The molecular weight excluding hydrogens is 242 g/mol. The van der Waals surface area contributed by atoms with Gasteiger partial charge in [-0.15, -0.1) is 0 Å². The van der Waals surface area contributed by atoms with E-state index in [0.717, 1.165) is 45.1 Å². The molecule has 1 aliphatic carbocycles. The first-order valence-electron chi connectivity index (χ1n) is 7.50. The van der Waals surface area contributed by atoms with Gasteiger partial charge in [0.1, 0.15) is 0 Å². The molecule has 0 bridgehead atoms. The first kappa shape index (κ1) is 14.4. The van der Waals surface area contributed by atoms with Gasteiger partial charge < -0.3 is 9.64 Å². The number of amides is 1. The molecule has 2 rings (SSSR count). The van der Waals surface area contributed by atoms with Crippen molar-refractivity contribution >= 4 is 11.9 Å². The summed E-state index contributed by atoms with van der Waals surface area (Å²) >= 11 is 0. The molecule has 4 nitrogen and oxygen atoms in total. The maximum atomic E-state index is 12.7. The molecule has 1 amide bonds. The number of esters is 1. The van der Waals surface area contributed by atoms with Crippen molar-refractivity contribution in [2.75, 3.05) is 13.7 Å². The SMILES string of the molecule is COC(=O)CC1CCCCN1C(=O)C1CCCC1C. The summed E-state index contributed by atoms with van der Waals surface area (Å²) in [6.07, 6.45) is 6.78. The minimum atomic E-state index is -0.204. The molecule has 4 heteroatoms. The largest absolute Gasteiger partial charge is 0.469 e. The summed E-state index contributed by atoms with van der Waals surface area (Å²) in [5.74, 6) is 0.745. The molecule has 1 aliphatic heterocycles. The zero-order valence-corrected chi connectivity index (χ0v) is 12.1. The summed E-state index contributed by atoms with van der Waals surface area (Å²) in [6.45, 7) is 2.98. The molecule has 1 saturated heterocycles. The Bertz CT molecular complexity index is 342. The highest BCUT2D eigenvalue weighted by atomic mass is 16.5. The van der Waals surface area contributed by atoms with E-state index in [1.54, 1.807) is 0 Å². The lowest BCUT2D eigenvalue weighted by Crippen LogP contribution is -2.47. The van der Waals surface area contributed by atoms with Gasteiger partial charge in [-0.25, -0.2) is 0 Å². The quantitative estimate of drug-likeness (QED) is 0.737. The zero-order chi connectivity index (χ0) is 13.8. The number of piperidine rings is 1. The van der Waals surface area contributed by atoms with Crippen LogP contribution in [0.3, 0.4) is 0 Å². The smallest absolute Gasteiger partial charge is 0.307 e. The van der Waals surface area contributed by atoms with Crippen LogP contribution in [0.15, 0.2) is 0 Å². The first-order chi connectivity index (χ1) is 9.13. The second-order valence-corrected chi connectivity index (χ2v) is 5.98. The maximum absolute atomic E-state index is 12.7. The van der Waals surface area contributed by atoms with Crippen molar-refractivity contribution in [1.82, 2.24) is 4.90 Å². The fourth-order valence-corrected chi connectivity index (χ4v) is 3.50. The number of likely N-dealkylation sites (tertiary alicyclic amines) is 1. The Balaban J connectivity index is 2.02. The minimum absolute atomic E-state index is 0.0569. The Labute approximate surface area is 115 Å². The summed E-state index contributed by atoms with van der Waals surface area (Å²) in [7, 11) is 1.41. The van der Waals surface area contributed by atoms with Crippen LogP contribution in [0.5, 0.6) is 0 Å². The average Bonchev–Trinajstić information content (AvgIpc) is 2.84. The number of hydrogen-bond donors (Lipinski definition) is 0. The lowest BCUT2D eigenvalue weighted by Gasteiger charge is -2.37. The van der Waals surface area contributed by atoms with Gasteiger partial charge in [0.2, 0.25) is 5.91 Å². The molecule has 0 aromatic carbocycles. The summed E-state index contributed by atoms with van der Waals surface area (Å²) in [6, 6.07) is 0.0569. The van der Waals surface area contributed by atoms with Crippen molar-refractivity contribution in [2.24, 2.45) is 11.8 Å². The molecule has 108 valence electrons. The standard InChI is InChI=1S/C15H25NO3/c1-11-6-5-8-13(11)15(18)16-9-4-3-7-12(16)10-14(17)19-2/h11-13H,3-10H2,1-2H3. The van der Waals surface area contributed by atoms with E-state index in [1.165, 1.54) is 7.11 Å². The lowest BCUT2D eigenvalue weighted by atomic mass is 9.92. The molecule has 1 saturated carbocycles. The molecule has 0 N–H and O–H groups in total. The third-order valence-electron chi connectivity index (χ3n) is 4.72. The highest BCUT2D eigenvalue weighted by Crippen LogP contribution is 2.34. The molecule has 0 spiro atoms. The fourth-order valence-electron chi connectivity index (χ4n) is 3.50. The minimum Gasteiger partial charge on any atom is -0.469 e. The lowest BCUT2D eigenvalue weighted by molar-refractivity contribution is -0.146. The number of carbonyl (C=O) groups excluding carboxylic acids is 2. The number of hydrogen-bond acceptors (Lipinski definition) is 3. The van der Waals surface area contributed by atoms with Gasteiger partial charge >= 0.3 is 5.97 Å². The van der Waals surface area contributed by atoms with E-state index in [4.69, 9.17) is 4.74 Å². The van der Waals surface area contributed by atoms with E-state index in [0.29, 0.717) is 12.3 Å². The number of methoxy groups -OCH3 is 1. The maximum Gasteiger partial charge on any atom is 0.307 e. The van der Waals surface area contributed by atoms with Crippen LogP contribution < -0.4 is 0 Å². The van der Waals surface area contributed by atoms with Gasteiger partial charge in [0.15, 0.2) is 0 Å². The van der Waals surface area contributed by atoms with Crippen molar-refractivity contribution in [1.29, 1.82) is 0 Å². The molecule has 0 radical (unpaired) electrons. The number of carbonyl (C=O) groups is 2. The molecule has 3 atom stereocenters. The van der Waals surface area contributed by atoms with Gasteiger partial charge in [0.05, 0.1) is 13.5 Å². The zero-order valence-electron chi connectivity index (χ0n) is 12.1. The van der Waals surface area contributed by atoms with E-state index in [9.17, 15) is 9.59 Å². The van der Waals surface area contributed by atoms with Crippen LogP contribution in [0.1, 0.15) is 51.9 Å². The second-order valence-electron chi connectivity index (χ2n) is 5.98. The van der Waals surface area contributed by atoms with Gasteiger partial charge in [-0.05, 0) is 38.0 Å². The average molecular weight is 267 g/mol. The number of nitrogens with zero attached hydrogens (tertiary/aromatic N) is 1. The third-order valence-corrected chi connectivity index (χ3v) is 4.72. The van der Waals surface area contributed by atoms with Crippen molar-refractivity contribution < 1.29 is 14.3 Å². The molecule has 19 heavy (non-hydrogen) atoms. The molecular formula is C15H25NO3. The highest BCUT2D eigenvalue weighted by molar-refractivity contribution is 5.80. The van der Waals surface area contributed by atoms with Crippen molar-refractivity contribution in [3.63, 3.8) is 0 Å². The molecule has 0 aromatic heterocycles. The molecule has 1 heterocycles. The van der Waals surface area contributed by atoms with E-state index in [-0.39, 0.29) is 23.8 Å². The molecule has 2 aliphatic rings.